The minimum absolute atomic E-state index is 0.0170. The number of rotatable bonds is 6. The van der Waals surface area contributed by atoms with Crippen molar-refractivity contribution in [3.63, 3.8) is 0 Å². The second-order valence-electron chi connectivity index (χ2n) is 7.17. The average molecular weight is 422 g/mol. The Bertz CT molecular complexity index is 935. The molecule has 0 aliphatic carbocycles. The fourth-order valence-corrected chi connectivity index (χ4v) is 3.75. The lowest BCUT2D eigenvalue weighted by Crippen LogP contribution is -2.29. The van der Waals surface area contributed by atoms with Crippen molar-refractivity contribution in [2.75, 3.05) is 20.2 Å². The Balaban J connectivity index is 2.02. The predicted molar refractivity (Wildman–Crippen MR) is 107 cm³/mol. The van der Waals surface area contributed by atoms with E-state index in [2.05, 4.69) is 4.90 Å². The number of likely N-dealkylation sites (tertiary alicyclic amines) is 1. The molecule has 0 bridgehead atoms. The molecule has 8 heteroatoms. The number of halogens is 1. The van der Waals surface area contributed by atoms with Gasteiger partial charge in [0, 0.05) is 6.07 Å². The first-order chi connectivity index (χ1) is 13.9. The minimum Gasteiger partial charge on any atom is -0.506 e. The molecule has 0 unspecified atom stereocenters. The number of aromatic hydroxyl groups is 2. The van der Waals surface area contributed by atoms with Crippen molar-refractivity contribution in [3.8, 4) is 11.5 Å². The van der Waals surface area contributed by atoms with Crippen molar-refractivity contribution >= 4 is 17.6 Å². The molecule has 0 spiro atoms. The van der Waals surface area contributed by atoms with Crippen LogP contribution in [0.25, 0.3) is 0 Å². The van der Waals surface area contributed by atoms with Crippen LogP contribution >= 0.6 is 11.6 Å². The summed E-state index contributed by atoms with van der Waals surface area (Å²) >= 11 is 6.02. The van der Waals surface area contributed by atoms with Crippen LogP contribution < -0.4 is 5.43 Å². The van der Waals surface area contributed by atoms with Crippen LogP contribution in [0.1, 0.15) is 48.7 Å². The van der Waals surface area contributed by atoms with Gasteiger partial charge in [0.2, 0.25) is 11.2 Å². The van der Waals surface area contributed by atoms with E-state index >= 15 is 0 Å². The van der Waals surface area contributed by atoms with E-state index in [4.69, 9.17) is 20.8 Å². The van der Waals surface area contributed by atoms with E-state index in [1.807, 2.05) is 0 Å². The topological polar surface area (TPSA) is 100 Å². The third-order valence-electron chi connectivity index (χ3n) is 5.12. The second-order valence-corrected chi connectivity index (χ2v) is 7.58. The molecule has 156 valence electrons. The van der Waals surface area contributed by atoms with Crippen LogP contribution in [0, 0.1) is 0 Å². The second kappa shape index (κ2) is 9.33. The Hall–Kier alpha value is -2.51. The van der Waals surface area contributed by atoms with E-state index < -0.39 is 23.1 Å². The van der Waals surface area contributed by atoms with E-state index in [9.17, 15) is 19.8 Å². The summed E-state index contributed by atoms with van der Waals surface area (Å²) in [4.78, 5) is 26.6. The Morgan fingerprint density at radius 2 is 1.97 bits per heavy atom. The maximum absolute atomic E-state index is 12.4. The van der Waals surface area contributed by atoms with Gasteiger partial charge in [-0.2, -0.15) is 0 Å². The normalized spacial score (nSPS) is 15.8. The number of piperidine rings is 1. The number of phenolic OH excluding ortho intramolecular Hbond substituents is 1. The van der Waals surface area contributed by atoms with Crippen LogP contribution in [0.15, 0.2) is 33.5 Å². The molecule has 0 radical (unpaired) electrons. The molecule has 1 aliphatic heterocycles. The van der Waals surface area contributed by atoms with Gasteiger partial charge < -0.3 is 19.4 Å². The highest BCUT2D eigenvalue weighted by Gasteiger charge is 2.27. The predicted octanol–water partition coefficient (Wildman–Crippen LogP) is 3.39. The van der Waals surface area contributed by atoms with Crippen molar-refractivity contribution < 1.29 is 24.2 Å². The number of benzene rings is 1. The van der Waals surface area contributed by atoms with Crippen LogP contribution in [0.5, 0.6) is 11.5 Å². The molecule has 2 aromatic rings. The van der Waals surface area contributed by atoms with Gasteiger partial charge in [0.1, 0.15) is 11.5 Å². The first kappa shape index (κ1) is 21.2. The lowest BCUT2D eigenvalue weighted by atomic mass is 9.92. The standard InChI is InChI=1S/C21H24ClNO6/c1-28-19(26)11-15(13-5-6-17(24)16(22)9-13)21-20(27)18(25)10-14(29-21)12-23-7-3-2-4-8-23/h5-6,9-10,15,24,27H,2-4,7-8,11-12H2,1H3/t15-/m0/s1. The molecule has 7 nitrogen and oxygen atoms in total. The van der Waals surface area contributed by atoms with E-state index in [-0.39, 0.29) is 23.0 Å². The van der Waals surface area contributed by atoms with Gasteiger partial charge in [-0.1, -0.05) is 24.1 Å². The first-order valence-electron chi connectivity index (χ1n) is 9.52. The summed E-state index contributed by atoms with van der Waals surface area (Å²) in [6, 6.07) is 5.70. The zero-order chi connectivity index (χ0) is 21.0. The fourth-order valence-electron chi connectivity index (χ4n) is 3.56. The molecule has 1 aliphatic rings. The highest BCUT2D eigenvalue weighted by Crippen LogP contribution is 2.36. The van der Waals surface area contributed by atoms with Gasteiger partial charge in [-0.05, 0) is 43.6 Å². The molecular weight excluding hydrogens is 398 g/mol. The SMILES string of the molecule is COC(=O)C[C@@H](c1ccc(O)c(Cl)c1)c1oc(CN2CCCCC2)cc(=O)c1O. The average Bonchev–Trinajstić information content (AvgIpc) is 2.71. The Labute approximate surface area is 173 Å². The lowest BCUT2D eigenvalue weighted by molar-refractivity contribution is -0.140. The molecule has 1 fully saturated rings. The van der Waals surface area contributed by atoms with Crippen LogP contribution in [-0.2, 0) is 16.1 Å². The molecule has 29 heavy (non-hydrogen) atoms. The molecule has 3 rings (SSSR count). The van der Waals surface area contributed by atoms with Crippen molar-refractivity contribution in [1.29, 1.82) is 0 Å². The van der Waals surface area contributed by atoms with Gasteiger partial charge in [0.25, 0.3) is 0 Å². The maximum atomic E-state index is 12.4. The number of carbonyl (C=O) groups is 1. The molecule has 1 aromatic heterocycles. The number of carbonyl (C=O) groups excluding carboxylic acids is 1. The summed E-state index contributed by atoms with van der Waals surface area (Å²) in [5, 5.41) is 20.2. The highest BCUT2D eigenvalue weighted by molar-refractivity contribution is 6.32. The first-order valence-corrected chi connectivity index (χ1v) is 9.90. The van der Waals surface area contributed by atoms with Gasteiger partial charge in [-0.25, -0.2) is 0 Å². The smallest absolute Gasteiger partial charge is 0.306 e. The van der Waals surface area contributed by atoms with Crippen molar-refractivity contribution in [1.82, 2.24) is 4.90 Å². The third-order valence-corrected chi connectivity index (χ3v) is 5.42. The summed E-state index contributed by atoms with van der Waals surface area (Å²) in [5.41, 5.74) is -0.0650. The van der Waals surface area contributed by atoms with E-state index in [1.54, 1.807) is 6.07 Å². The number of ether oxygens (including phenoxy) is 1. The van der Waals surface area contributed by atoms with Crippen molar-refractivity contribution in [2.45, 2.75) is 38.1 Å². The molecule has 2 N–H and O–H groups in total. The Morgan fingerprint density at radius 1 is 1.24 bits per heavy atom. The molecule has 1 saturated heterocycles. The monoisotopic (exact) mass is 421 g/mol. The molecule has 2 heterocycles. The van der Waals surface area contributed by atoms with Crippen LogP contribution in [-0.4, -0.2) is 41.3 Å². The number of hydrogen-bond acceptors (Lipinski definition) is 7. The summed E-state index contributed by atoms with van der Waals surface area (Å²) < 4.78 is 10.7. The fraction of sp³-hybridized carbons (Fsp3) is 0.429. The number of methoxy groups -OCH3 is 1. The number of hydrogen-bond donors (Lipinski definition) is 2. The number of esters is 1. The highest BCUT2D eigenvalue weighted by atomic mass is 35.5. The molecule has 1 aromatic carbocycles. The summed E-state index contributed by atoms with van der Waals surface area (Å²) in [6.07, 6.45) is 3.20. The minimum atomic E-state index is -0.797. The van der Waals surface area contributed by atoms with E-state index in [0.717, 1.165) is 25.9 Å². The molecule has 0 amide bonds. The van der Waals surface area contributed by atoms with Gasteiger partial charge in [0.05, 0.1) is 31.0 Å². The maximum Gasteiger partial charge on any atom is 0.306 e. The van der Waals surface area contributed by atoms with Crippen LogP contribution in [0.3, 0.4) is 0 Å². The van der Waals surface area contributed by atoms with Gasteiger partial charge >= 0.3 is 5.97 Å². The summed E-state index contributed by atoms with van der Waals surface area (Å²) in [6.45, 7) is 2.28. The van der Waals surface area contributed by atoms with Crippen LogP contribution in [0.2, 0.25) is 5.02 Å². The molecule has 1 atom stereocenters. The zero-order valence-corrected chi connectivity index (χ0v) is 16.9. The van der Waals surface area contributed by atoms with Crippen molar-refractivity contribution in [2.24, 2.45) is 0 Å². The lowest BCUT2D eigenvalue weighted by Gasteiger charge is -2.26. The summed E-state index contributed by atoms with van der Waals surface area (Å²) in [7, 11) is 1.26. The third kappa shape index (κ3) is 5.10. The van der Waals surface area contributed by atoms with Crippen LogP contribution in [0.4, 0.5) is 0 Å². The van der Waals surface area contributed by atoms with E-state index in [0.29, 0.717) is 17.9 Å². The van der Waals surface area contributed by atoms with Gasteiger partial charge in [-0.15, -0.1) is 0 Å². The Morgan fingerprint density at radius 3 is 2.62 bits per heavy atom. The largest absolute Gasteiger partial charge is 0.506 e. The Kier molecular flexibility index (Phi) is 6.82. The quantitative estimate of drug-likeness (QED) is 0.689. The van der Waals surface area contributed by atoms with Crippen molar-refractivity contribution in [3.05, 3.63) is 56.6 Å². The van der Waals surface area contributed by atoms with E-state index in [1.165, 1.54) is 31.7 Å². The summed E-state index contributed by atoms with van der Waals surface area (Å²) in [5.74, 6) is -1.60. The molecule has 0 saturated carbocycles. The zero-order valence-electron chi connectivity index (χ0n) is 16.2. The van der Waals surface area contributed by atoms with Gasteiger partial charge in [-0.3, -0.25) is 14.5 Å². The number of phenols is 1. The number of nitrogens with zero attached hydrogens (tertiary/aromatic N) is 1. The molecular formula is C21H24ClNO6. The van der Waals surface area contributed by atoms with Gasteiger partial charge in [0.15, 0.2) is 5.76 Å².